The van der Waals surface area contributed by atoms with Crippen LogP contribution in [0.3, 0.4) is 0 Å². The van der Waals surface area contributed by atoms with E-state index in [9.17, 15) is 4.79 Å². The van der Waals surface area contributed by atoms with E-state index in [-0.39, 0.29) is 5.97 Å². The quantitative estimate of drug-likeness (QED) is 0.592. The Hall–Kier alpha value is -1.65. The van der Waals surface area contributed by atoms with Crippen LogP contribution in [0.1, 0.15) is 25.3 Å². The van der Waals surface area contributed by atoms with Gasteiger partial charge in [0.15, 0.2) is 5.79 Å². The first kappa shape index (κ1) is 14.8. The zero-order valence-corrected chi connectivity index (χ0v) is 11.7. The Labute approximate surface area is 119 Å². The highest BCUT2D eigenvalue weighted by Gasteiger charge is 2.37. The molecule has 0 spiro atoms. The average molecular weight is 276 g/mol. The van der Waals surface area contributed by atoms with Crippen LogP contribution in [0, 0.1) is 0 Å². The summed E-state index contributed by atoms with van der Waals surface area (Å²) < 4.78 is 16.5. The fraction of sp³-hybridized carbons (Fsp3) is 0.438. The number of allylic oxidation sites excluding steroid dienone is 1. The van der Waals surface area contributed by atoms with Crippen molar-refractivity contribution in [2.24, 2.45) is 0 Å². The molecule has 0 unspecified atom stereocenters. The Morgan fingerprint density at radius 2 is 2.00 bits per heavy atom. The molecule has 2 rings (SSSR count). The van der Waals surface area contributed by atoms with Crippen molar-refractivity contribution < 1.29 is 19.0 Å². The van der Waals surface area contributed by atoms with Crippen LogP contribution in [0.4, 0.5) is 0 Å². The van der Waals surface area contributed by atoms with Crippen molar-refractivity contribution in [2.75, 3.05) is 19.8 Å². The third-order valence-corrected chi connectivity index (χ3v) is 3.15. The number of esters is 1. The van der Waals surface area contributed by atoms with Crippen LogP contribution in [0.2, 0.25) is 0 Å². The van der Waals surface area contributed by atoms with Crippen molar-refractivity contribution in [1.82, 2.24) is 0 Å². The highest BCUT2D eigenvalue weighted by Crippen LogP contribution is 2.35. The lowest BCUT2D eigenvalue weighted by molar-refractivity contribution is -0.170. The lowest BCUT2D eigenvalue weighted by atomic mass is 10.0. The van der Waals surface area contributed by atoms with Gasteiger partial charge < -0.3 is 14.2 Å². The fourth-order valence-corrected chi connectivity index (χ4v) is 2.25. The van der Waals surface area contributed by atoms with Crippen molar-refractivity contribution in [3.63, 3.8) is 0 Å². The Morgan fingerprint density at radius 1 is 1.30 bits per heavy atom. The second-order valence-electron chi connectivity index (χ2n) is 4.51. The number of benzene rings is 1. The smallest absolute Gasteiger partial charge is 0.330 e. The zero-order chi connectivity index (χ0) is 14.3. The highest BCUT2D eigenvalue weighted by molar-refractivity contribution is 5.81. The van der Waals surface area contributed by atoms with Crippen LogP contribution >= 0.6 is 0 Å². The molecule has 0 aromatic heterocycles. The summed E-state index contributed by atoms with van der Waals surface area (Å²) in [6.45, 7) is 3.37. The highest BCUT2D eigenvalue weighted by atomic mass is 16.7. The molecule has 0 amide bonds. The van der Waals surface area contributed by atoms with Gasteiger partial charge in [0.1, 0.15) is 0 Å². The number of carbonyl (C=O) groups is 1. The lowest BCUT2D eigenvalue weighted by Gasteiger charge is -2.27. The molecule has 4 heteroatoms. The van der Waals surface area contributed by atoms with E-state index >= 15 is 0 Å². The first-order valence-corrected chi connectivity index (χ1v) is 6.93. The molecular weight excluding hydrogens is 256 g/mol. The van der Waals surface area contributed by atoms with Gasteiger partial charge in [0.05, 0.1) is 19.8 Å². The molecule has 0 aliphatic carbocycles. The summed E-state index contributed by atoms with van der Waals surface area (Å²) in [5.74, 6) is -0.991. The predicted molar refractivity (Wildman–Crippen MR) is 75.0 cm³/mol. The molecule has 1 heterocycles. The SMILES string of the molecule is CCOC(=O)/C=C\CCC1(c2ccccc2)OCCO1. The molecule has 20 heavy (non-hydrogen) atoms. The summed E-state index contributed by atoms with van der Waals surface area (Å²) in [6.07, 6.45) is 4.62. The van der Waals surface area contributed by atoms with E-state index < -0.39 is 5.79 Å². The van der Waals surface area contributed by atoms with E-state index in [1.807, 2.05) is 30.3 Å². The number of ether oxygens (including phenoxy) is 3. The lowest BCUT2D eigenvalue weighted by Crippen LogP contribution is -2.26. The molecule has 4 nitrogen and oxygen atoms in total. The molecular formula is C16H20O4. The molecule has 1 aliphatic heterocycles. The minimum absolute atomic E-state index is 0.311. The largest absolute Gasteiger partial charge is 0.463 e. The summed E-state index contributed by atoms with van der Waals surface area (Å²) in [7, 11) is 0. The van der Waals surface area contributed by atoms with Gasteiger partial charge in [0.2, 0.25) is 0 Å². The maximum atomic E-state index is 11.2. The Kier molecular flexibility index (Phi) is 5.32. The van der Waals surface area contributed by atoms with Gasteiger partial charge in [-0.1, -0.05) is 36.4 Å². The maximum Gasteiger partial charge on any atom is 0.330 e. The number of rotatable bonds is 6. The Morgan fingerprint density at radius 3 is 2.65 bits per heavy atom. The predicted octanol–water partition coefficient (Wildman–Crippen LogP) is 2.79. The topological polar surface area (TPSA) is 44.8 Å². The number of hydrogen-bond acceptors (Lipinski definition) is 4. The second kappa shape index (κ2) is 7.22. The van der Waals surface area contributed by atoms with E-state index in [1.54, 1.807) is 13.0 Å². The van der Waals surface area contributed by atoms with E-state index in [1.165, 1.54) is 6.08 Å². The van der Waals surface area contributed by atoms with E-state index in [2.05, 4.69) is 0 Å². The van der Waals surface area contributed by atoms with Crippen molar-refractivity contribution in [3.8, 4) is 0 Å². The van der Waals surface area contributed by atoms with E-state index in [4.69, 9.17) is 14.2 Å². The summed E-state index contributed by atoms with van der Waals surface area (Å²) in [5.41, 5.74) is 1.02. The molecule has 1 aliphatic rings. The van der Waals surface area contributed by atoms with Crippen LogP contribution in [-0.4, -0.2) is 25.8 Å². The van der Waals surface area contributed by atoms with E-state index in [0.29, 0.717) is 32.7 Å². The first-order valence-electron chi connectivity index (χ1n) is 6.93. The van der Waals surface area contributed by atoms with Gasteiger partial charge in [-0.2, -0.15) is 0 Å². The summed E-state index contributed by atoms with van der Waals surface area (Å²) in [4.78, 5) is 11.2. The van der Waals surface area contributed by atoms with Gasteiger partial charge >= 0.3 is 5.97 Å². The normalized spacial score (nSPS) is 17.4. The molecule has 0 bridgehead atoms. The second-order valence-corrected chi connectivity index (χ2v) is 4.51. The third-order valence-electron chi connectivity index (χ3n) is 3.15. The van der Waals surface area contributed by atoms with E-state index in [0.717, 1.165) is 5.56 Å². The molecule has 0 atom stereocenters. The molecule has 1 saturated heterocycles. The number of carbonyl (C=O) groups excluding carboxylic acids is 1. The molecule has 108 valence electrons. The van der Waals surface area contributed by atoms with Crippen molar-refractivity contribution >= 4 is 5.97 Å². The van der Waals surface area contributed by atoms with Gasteiger partial charge in [0.25, 0.3) is 0 Å². The van der Waals surface area contributed by atoms with Crippen LogP contribution in [0.15, 0.2) is 42.5 Å². The van der Waals surface area contributed by atoms with Gasteiger partial charge in [-0.25, -0.2) is 4.79 Å². The van der Waals surface area contributed by atoms with Gasteiger partial charge in [-0.05, 0) is 13.3 Å². The monoisotopic (exact) mass is 276 g/mol. The fourth-order valence-electron chi connectivity index (χ4n) is 2.25. The molecule has 0 radical (unpaired) electrons. The maximum absolute atomic E-state index is 11.2. The zero-order valence-electron chi connectivity index (χ0n) is 11.7. The molecule has 1 aromatic rings. The molecule has 1 aromatic carbocycles. The molecule has 1 fully saturated rings. The minimum atomic E-state index is -0.680. The van der Waals surface area contributed by atoms with Gasteiger partial charge in [-0.3, -0.25) is 0 Å². The van der Waals surface area contributed by atoms with Gasteiger partial charge in [0, 0.05) is 18.1 Å². The van der Waals surface area contributed by atoms with Crippen LogP contribution in [0.25, 0.3) is 0 Å². The third kappa shape index (κ3) is 3.68. The average Bonchev–Trinajstić information content (AvgIpc) is 2.95. The summed E-state index contributed by atoms with van der Waals surface area (Å²) >= 11 is 0. The van der Waals surface area contributed by atoms with Crippen molar-refractivity contribution in [3.05, 3.63) is 48.0 Å². The van der Waals surface area contributed by atoms with Crippen LogP contribution in [-0.2, 0) is 24.8 Å². The Balaban J connectivity index is 1.95. The first-order chi connectivity index (χ1) is 9.77. The minimum Gasteiger partial charge on any atom is -0.463 e. The van der Waals surface area contributed by atoms with Crippen LogP contribution < -0.4 is 0 Å². The van der Waals surface area contributed by atoms with Crippen molar-refractivity contribution in [2.45, 2.75) is 25.6 Å². The Bertz CT molecular complexity index is 447. The molecule has 0 saturated carbocycles. The van der Waals surface area contributed by atoms with Crippen molar-refractivity contribution in [1.29, 1.82) is 0 Å². The number of hydrogen-bond donors (Lipinski definition) is 0. The van der Waals surface area contributed by atoms with Gasteiger partial charge in [-0.15, -0.1) is 0 Å². The summed E-state index contributed by atoms with van der Waals surface area (Å²) in [5, 5.41) is 0. The van der Waals surface area contributed by atoms with Crippen LogP contribution in [0.5, 0.6) is 0 Å². The summed E-state index contributed by atoms with van der Waals surface area (Å²) in [6, 6.07) is 9.90. The standard InChI is InChI=1S/C16H20O4/c1-2-18-15(17)10-6-7-11-16(19-12-13-20-16)14-8-4-3-5-9-14/h3-6,8-10H,2,7,11-13H2,1H3/b10-6-. The molecule has 0 N–H and O–H groups in total.